The van der Waals surface area contributed by atoms with Crippen LogP contribution < -0.4 is 0 Å². The van der Waals surface area contributed by atoms with E-state index in [0.29, 0.717) is 29.8 Å². The van der Waals surface area contributed by atoms with Crippen LogP contribution >= 0.6 is 0 Å². The summed E-state index contributed by atoms with van der Waals surface area (Å²) in [5, 5.41) is 0. The number of rotatable bonds is 2. The summed E-state index contributed by atoms with van der Waals surface area (Å²) < 4.78 is 11.4. The summed E-state index contributed by atoms with van der Waals surface area (Å²) in [6, 6.07) is 0. The van der Waals surface area contributed by atoms with E-state index < -0.39 is 0 Å². The lowest BCUT2D eigenvalue weighted by Gasteiger charge is -2.35. The van der Waals surface area contributed by atoms with E-state index >= 15 is 0 Å². The Morgan fingerprint density at radius 2 is 1.19 bits per heavy atom. The molecule has 0 aliphatic carbocycles. The van der Waals surface area contributed by atoms with Gasteiger partial charge in [0, 0.05) is 6.42 Å². The van der Waals surface area contributed by atoms with Gasteiger partial charge in [-0.25, -0.2) is 0 Å². The van der Waals surface area contributed by atoms with E-state index in [1.54, 1.807) is 0 Å². The highest BCUT2D eigenvalue weighted by molar-refractivity contribution is 4.78. The molecule has 0 saturated carbocycles. The van der Waals surface area contributed by atoms with E-state index in [4.69, 9.17) is 9.47 Å². The lowest BCUT2D eigenvalue weighted by molar-refractivity contribution is -0.187. The van der Waals surface area contributed by atoms with Gasteiger partial charge in [0.15, 0.2) is 0 Å². The van der Waals surface area contributed by atoms with Gasteiger partial charge >= 0.3 is 0 Å². The largest absolute Gasteiger partial charge is 0.352 e. The van der Waals surface area contributed by atoms with Crippen LogP contribution in [0.25, 0.3) is 0 Å². The average Bonchev–Trinajstić information content (AvgIpc) is 1.96. The molecule has 1 rings (SSSR count). The summed E-state index contributed by atoms with van der Waals surface area (Å²) in [4.78, 5) is 0. The first-order valence-electron chi connectivity index (χ1n) is 6.39. The Bertz CT molecular complexity index is 188. The van der Waals surface area contributed by atoms with Crippen molar-refractivity contribution in [3.63, 3.8) is 0 Å². The zero-order valence-corrected chi connectivity index (χ0v) is 11.8. The highest BCUT2D eigenvalue weighted by Gasteiger charge is 2.29. The van der Waals surface area contributed by atoms with Crippen molar-refractivity contribution in [1.29, 1.82) is 0 Å². The molecule has 2 atom stereocenters. The average molecular weight is 228 g/mol. The van der Waals surface area contributed by atoms with Crippen molar-refractivity contribution in [1.82, 2.24) is 0 Å². The molecule has 1 fully saturated rings. The minimum Gasteiger partial charge on any atom is -0.352 e. The molecule has 0 N–H and O–H groups in total. The first-order valence-corrected chi connectivity index (χ1v) is 6.39. The van der Waals surface area contributed by atoms with E-state index in [1.165, 1.54) is 0 Å². The molecule has 2 nitrogen and oxygen atoms in total. The van der Waals surface area contributed by atoms with E-state index in [9.17, 15) is 0 Å². The smallest absolute Gasteiger partial charge is 0.147 e. The van der Waals surface area contributed by atoms with Crippen LogP contribution in [-0.4, -0.2) is 19.0 Å². The van der Waals surface area contributed by atoms with Crippen molar-refractivity contribution in [3.05, 3.63) is 0 Å². The lowest BCUT2D eigenvalue weighted by Crippen LogP contribution is -2.35. The van der Waals surface area contributed by atoms with Crippen LogP contribution in [0.2, 0.25) is 0 Å². The predicted molar refractivity (Wildman–Crippen MR) is 67.4 cm³/mol. The van der Waals surface area contributed by atoms with Gasteiger partial charge in [0.25, 0.3) is 0 Å². The van der Waals surface area contributed by atoms with Gasteiger partial charge in [0.05, 0.1) is 12.2 Å². The topological polar surface area (TPSA) is 18.5 Å². The number of ether oxygens (including phenoxy) is 2. The highest BCUT2D eigenvalue weighted by Crippen LogP contribution is 2.31. The van der Waals surface area contributed by atoms with E-state index in [-0.39, 0.29) is 0 Å². The van der Waals surface area contributed by atoms with Gasteiger partial charge < -0.3 is 9.47 Å². The molecule has 0 aromatic rings. The Morgan fingerprint density at radius 3 is 1.50 bits per heavy atom. The van der Waals surface area contributed by atoms with E-state index in [0.717, 1.165) is 19.3 Å². The van der Waals surface area contributed by atoms with Gasteiger partial charge in [-0.1, -0.05) is 41.5 Å². The number of hydrogen-bond acceptors (Lipinski definition) is 2. The van der Waals surface area contributed by atoms with Crippen molar-refractivity contribution in [2.75, 3.05) is 6.79 Å². The predicted octanol–water partition coefficient (Wildman–Crippen LogP) is 3.99. The summed E-state index contributed by atoms with van der Waals surface area (Å²) in [6.45, 7) is 14.1. The van der Waals surface area contributed by atoms with Crippen molar-refractivity contribution in [2.24, 2.45) is 10.8 Å². The molecular weight excluding hydrogens is 200 g/mol. The SMILES string of the molecule is CC(C)(C)CC1CC(CC(C)(C)C)OCO1. The van der Waals surface area contributed by atoms with Crippen LogP contribution in [0.1, 0.15) is 60.8 Å². The molecule has 0 spiro atoms. The molecule has 96 valence electrons. The second-order valence-electron chi connectivity index (χ2n) is 7.46. The Balaban J connectivity index is 2.41. The molecule has 0 aromatic carbocycles. The molecule has 1 aliphatic rings. The van der Waals surface area contributed by atoms with Crippen molar-refractivity contribution in [2.45, 2.75) is 73.0 Å². The van der Waals surface area contributed by atoms with Crippen LogP contribution in [0.5, 0.6) is 0 Å². The molecule has 0 aromatic heterocycles. The maximum Gasteiger partial charge on any atom is 0.147 e. The van der Waals surface area contributed by atoms with Crippen LogP contribution in [0.4, 0.5) is 0 Å². The normalized spacial score (nSPS) is 28.1. The maximum absolute atomic E-state index is 5.68. The minimum atomic E-state index is 0.342. The Labute approximate surface area is 101 Å². The highest BCUT2D eigenvalue weighted by atomic mass is 16.7. The van der Waals surface area contributed by atoms with E-state index in [1.807, 2.05) is 0 Å². The zero-order chi connectivity index (χ0) is 12.4. The summed E-state index contributed by atoms with van der Waals surface area (Å²) in [5.41, 5.74) is 0.683. The van der Waals surface area contributed by atoms with Gasteiger partial charge in [-0.2, -0.15) is 0 Å². The van der Waals surface area contributed by atoms with Gasteiger partial charge in [-0.05, 0) is 23.7 Å². The minimum absolute atomic E-state index is 0.342. The lowest BCUT2D eigenvalue weighted by atomic mass is 9.83. The Morgan fingerprint density at radius 1 is 0.812 bits per heavy atom. The number of hydrogen-bond donors (Lipinski definition) is 0. The first-order chi connectivity index (χ1) is 7.16. The molecule has 1 aliphatic heterocycles. The van der Waals surface area contributed by atoms with Gasteiger partial charge in [-0.15, -0.1) is 0 Å². The molecule has 2 heteroatoms. The summed E-state index contributed by atoms with van der Waals surface area (Å²) >= 11 is 0. The molecule has 2 unspecified atom stereocenters. The molecule has 0 bridgehead atoms. The van der Waals surface area contributed by atoms with Crippen molar-refractivity contribution >= 4 is 0 Å². The third-order valence-electron chi connectivity index (χ3n) is 2.81. The van der Waals surface area contributed by atoms with Crippen LogP contribution in [0, 0.1) is 10.8 Å². The fraction of sp³-hybridized carbons (Fsp3) is 1.00. The summed E-state index contributed by atoms with van der Waals surface area (Å²) in [5.74, 6) is 0. The molecule has 16 heavy (non-hydrogen) atoms. The van der Waals surface area contributed by atoms with Crippen LogP contribution in [-0.2, 0) is 9.47 Å². The second-order valence-corrected chi connectivity index (χ2v) is 7.46. The van der Waals surface area contributed by atoms with Gasteiger partial charge in [0.2, 0.25) is 0 Å². The maximum atomic E-state index is 5.68. The fourth-order valence-electron chi connectivity index (χ4n) is 2.31. The Kier molecular flexibility index (Phi) is 4.42. The molecule has 0 radical (unpaired) electrons. The monoisotopic (exact) mass is 228 g/mol. The third kappa shape index (κ3) is 5.86. The molecule has 1 heterocycles. The first kappa shape index (κ1) is 14.0. The molecule has 1 saturated heterocycles. The van der Waals surface area contributed by atoms with Gasteiger partial charge in [0.1, 0.15) is 6.79 Å². The van der Waals surface area contributed by atoms with E-state index in [2.05, 4.69) is 41.5 Å². The third-order valence-corrected chi connectivity index (χ3v) is 2.81. The summed E-state index contributed by atoms with van der Waals surface area (Å²) in [6.07, 6.45) is 4.05. The van der Waals surface area contributed by atoms with Crippen molar-refractivity contribution < 1.29 is 9.47 Å². The van der Waals surface area contributed by atoms with Gasteiger partial charge in [-0.3, -0.25) is 0 Å². The summed E-state index contributed by atoms with van der Waals surface area (Å²) in [7, 11) is 0. The van der Waals surface area contributed by atoms with Crippen LogP contribution in [0.3, 0.4) is 0 Å². The van der Waals surface area contributed by atoms with Crippen LogP contribution in [0.15, 0.2) is 0 Å². The second kappa shape index (κ2) is 5.05. The molecule has 0 amide bonds. The molecular formula is C14H28O2. The zero-order valence-electron chi connectivity index (χ0n) is 11.8. The fourth-order valence-corrected chi connectivity index (χ4v) is 2.31. The quantitative estimate of drug-likeness (QED) is 0.711. The van der Waals surface area contributed by atoms with Crippen molar-refractivity contribution in [3.8, 4) is 0 Å². The Hall–Kier alpha value is -0.0800. The standard InChI is InChI=1S/C14H28O2/c1-13(2,3)8-11-7-12(16-10-15-11)9-14(4,5)6/h11-12H,7-10H2,1-6H3.